The third-order valence-electron chi connectivity index (χ3n) is 7.60. The first-order chi connectivity index (χ1) is 14.1. The molecule has 0 aromatic heterocycles. The fourth-order valence-corrected chi connectivity index (χ4v) is 6.73. The van der Waals surface area contributed by atoms with Crippen LogP contribution in [0.1, 0.15) is 58.4 Å². The summed E-state index contributed by atoms with van der Waals surface area (Å²) in [4.78, 5) is 29.3. The van der Waals surface area contributed by atoms with Gasteiger partial charge in [0.15, 0.2) is 0 Å². The van der Waals surface area contributed by atoms with Crippen molar-refractivity contribution in [2.75, 3.05) is 19.4 Å². The maximum atomic E-state index is 13.9. The highest BCUT2D eigenvalue weighted by Crippen LogP contribution is 2.59. The van der Waals surface area contributed by atoms with Crippen molar-refractivity contribution in [3.8, 4) is 0 Å². The van der Waals surface area contributed by atoms with Crippen LogP contribution < -0.4 is 10.6 Å². The summed E-state index contributed by atoms with van der Waals surface area (Å²) in [6, 6.07) is 5.38. The lowest BCUT2D eigenvalue weighted by Gasteiger charge is -2.40. The molecule has 164 valence electrons. The summed E-state index contributed by atoms with van der Waals surface area (Å²) >= 11 is 6.28. The number of rotatable bonds is 3. The minimum Gasteiger partial charge on any atom is -0.358 e. The number of amides is 2. The predicted molar refractivity (Wildman–Crippen MR) is 121 cm³/mol. The van der Waals surface area contributed by atoms with E-state index in [1.807, 2.05) is 25.2 Å². The van der Waals surface area contributed by atoms with E-state index in [1.165, 1.54) is 12.8 Å². The minimum absolute atomic E-state index is 0.0131. The first-order valence-corrected chi connectivity index (χ1v) is 11.5. The summed E-state index contributed by atoms with van der Waals surface area (Å²) in [6.45, 7) is 6.63. The normalized spacial score (nSPS) is 31.9. The summed E-state index contributed by atoms with van der Waals surface area (Å²) in [7, 11) is 3.74. The second-order valence-electron chi connectivity index (χ2n) is 10.6. The molecule has 6 heteroatoms. The van der Waals surface area contributed by atoms with Crippen molar-refractivity contribution in [2.24, 2.45) is 17.3 Å². The molecule has 1 saturated carbocycles. The molecule has 4 rings (SSSR count). The monoisotopic (exact) mass is 431 g/mol. The van der Waals surface area contributed by atoms with Gasteiger partial charge in [0.2, 0.25) is 11.8 Å². The average Bonchev–Trinajstić information content (AvgIpc) is 3.33. The first kappa shape index (κ1) is 21.6. The van der Waals surface area contributed by atoms with Crippen molar-refractivity contribution in [3.05, 3.63) is 28.8 Å². The molecule has 2 N–H and O–H groups in total. The van der Waals surface area contributed by atoms with Crippen molar-refractivity contribution in [3.63, 3.8) is 0 Å². The van der Waals surface area contributed by atoms with Gasteiger partial charge in [-0.3, -0.25) is 14.5 Å². The van der Waals surface area contributed by atoms with E-state index in [0.717, 1.165) is 30.5 Å². The Bertz CT molecular complexity index is 858. The molecule has 3 aliphatic rings. The van der Waals surface area contributed by atoms with Gasteiger partial charge in [0.05, 0.1) is 11.5 Å². The lowest BCUT2D eigenvalue weighted by molar-refractivity contribution is -0.127. The Kier molecular flexibility index (Phi) is 5.43. The van der Waals surface area contributed by atoms with E-state index in [9.17, 15) is 9.59 Å². The lowest BCUT2D eigenvalue weighted by Crippen LogP contribution is -2.52. The highest BCUT2D eigenvalue weighted by molar-refractivity contribution is 6.31. The van der Waals surface area contributed by atoms with E-state index in [0.29, 0.717) is 10.9 Å². The Balaban J connectivity index is 1.97. The van der Waals surface area contributed by atoms with E-state index in [1.54, 1.807) is 7.05 Å². The van der Waals surface area contributed by atoms with Gasteiger partial charge in [-0.1, -0.05) is 64.1 Å². The van der Waals surface area contributed by atoms with Gasteiger partial charge in [-0.25, -0.2) is 0 Å². The zero-order chi connectivity index (χ0) is 21.8. The summed E-state index contributed by atoms with van der Waals surface area (Å²) in [5.41, 5.74) is 1.09. The number of likely N-dealkylation sites (N-methyl/N-ethyl adjacent to an activating group) is 2. The number of nitrogens with one attached hydrogen (secondary N) is 2. The van der Waals surface area contributed by atoms with Crippen LogP contribution >= 0.6 is 11.6 Å². The van der Waals surface area contributed by atoms with Gasteiger partial charge in [-0.2, -0.15) is 0 Å². The molecule has 0 radical (unpaired) electrons. The molecule has 30 heavy (non-hydrogen) atoms. The van der Waals surface area contributed by atoms with Gasteiger partial charge in [0.1, 0.15) is 0 Å². The number of anilines is 1. The topological polar surface area (TPSA) is 61.4 Å². The van der Waals surface area contributed by atoms with E-state index < -0.39 is 5.41 Å². The minimum atomic E-state index is -0.742. The smallest absolute Gasteiger partial charge is 0.237 e. The first-order valence-electron chi connectivity index (χ1n) is 11.2. The Morgan fingerprint density at radius 3 is 2.57 bits per heavy atom. The van der Waals surface area contributed by atoms with E-state index in [4.69, 9.17) is 11.6 Å². The maximum absolute atomic E-state index is 13.9. The third kappa shape index (κ3) is 3.16. The predicted octanol–water partition coefficient (Wildman–Crippen LogP) is 4.20. The molecule has 2 fully saturated rings. The van der Waals surface area contributed by atoms with Gasteiger partial charge in [-0.15, -0.1) is 0 Å². The fourth-order valence-electron chi connectivity index (χ4n) is 6.56. The third-order valence-corrected chi connectivity index (χ3v) is 7.84. The quantitative estimate of drug-likeness (QED) is 0.753. The van der Waals surface area contributed by atoms with E-state index >= 15 is 0 Å². The number of halogens is 1. The Hall–Kier alpha value is -1.59. The second kappa shape index (κ2) is 7.52. The van der Waals surface area contributed by atoms with Crippen LogP contribution in [-0.2, 0) is 15.0 Å². The number of carbonyl (C=O) groups is 2. The number of hydrogen-bond acceptors (Lipinski definition) is 3. The van der Waals surface area contributed by atoms with Crippen LogP contribution in [0, 0.1) is 17.3 Å². The molecule has 5 nitrogen and oxygen atoms in total. The molecule has 1 saturated heterocycles. The Morgan fingerprint density at radius 1 is 1.30 bits per heavy atom. The highest BCUT2D eigenvalue weighted by Gasteiger charge is 2.68. The second-order valence-corrected chi connectivity index (χ2v) is 11.0. The van der Waals surface area contributed by atoms with Gasteiger partial charge in [0.25, 0.3) is 0 Å². The number of benzene rings is 1. The van der Waals surface area contributed by atoms with Crippen LogP contribution in [0.15, 0.2) is 18.2 Å². The van der Waals surface area contributed by atoms with Crippen molar-refractivity contribution in [1.29, 1.82) is 0 Å². The summed E-state index contributed by atoms with van der Waals surface area (Å²) in [5, 5.41) is 6.67. The molecule has 1 aromatic carbocycles. The molecule has 0 unspecified atom stereocenters. The number of fused-ring (bicyclic) bond motifs is 2. The molecular formula is C24H34ClN3O2. The zero-order valence-electron chi connectivity index (χ0n) is 18.7. The maximum Gasteiger partial charge on any atom is 0.237 e. The van der Waals surface area contributed by atoms with Gasteiger partial charge < -0.3 is 10.6 Å². The zero-order valence-corrected chi connectivity index (χ0v) is 19.5. The molecule has 2 aliphatic heterocycles. The standard InChI is InChI=1S/C24H34ClN3O2/c1-23(2,3)13-18-24(16-11-10-15(25)12-17(16)27-22(24)30)19(14-8-6-7-9-14)20(28(18)5)21(29)26-4/h10-12,14,18-20H,6-9,13H2,1-5H3,(H,26,29)(H,27,30)/t18-,19+,20-,24+/m1/s1. The number of nitrogens with zero attached hydrogens (tertiary/aromatic N) is 1. The summed E-state index contributed by atoms with van der Waals surface area (Å²) in [5.74, 6) is 0.344. The number of likely N-dealkylation sites (tertiary alicyclic amines) is 1. The molecule has 2 amide bonds. The van der Waals surface area contributed by atoms with Crippen LogP contribution in [0.5, 0.6) is 0 Å². The van der Waals surface area contributed by atoms with Crippen LogP contribution in [0.2, 0.25) is 5.02 Å². The van der Waals surface area contributed by atoms with Crippen molar-refractivity contribution in [2.45, 2.75) is 70.4 Å². The summed E-state index contributed by atoms with van der Waals surface area (Å²) in [6.07, 6.45) is 5.31. The van der Waals surface area contributed by atoms with Crippen molar-refractivity contribution < 1.29 is 9.59 Å². The van der Waals surface area contributed by atoms with Gasteiger partial charge >= 0.3 is 0 Å². The van der Waals surface area contributed by atoms with E-state index in [-0.39, 0.29) is 35.2 Å². The Labute approximate surface area is 184 Å². The van der Waals surface area contributed by atoms with Crippen LogP contribution in [0.3, 0.4) is 0 Å². The number of carbonyl (C=O) groups excluding carboxylic acids is 2. The molecular weight excluding hydrogens is 398 g/mol. The Morgan fingerprint density at radius 2 is 1.97 bits per heavy atom. The summed E-state index contributed by atoms with van der Waals surface area (Å²) < 4.78 is 0. The highest BCUT2D eigenvalue weighted by atomic mass is 35.5. The van der Waals surface area contributed by atoms with Crippen LogP contribution in [0.4, 0.5) is 5.69 Å². The molecule has 1 spiro atoms. The van der Waals surface area contributed by atoms with Crippen LogP contribution in [0.25, 0.3) is 0 Å². The van der Waals surface area contributed by atoms with Crippen molar-refractivity contribution >= 4 is 29.1 Å². The van der Waals surface area contributed by atoms with Crippen LogP contribution in [-0.4, -0.2) is 42.9 Å². The van der Waals surface area contributed by atoms with Gasteiger partial charge in [-0.05, 0) is 42.5 Å². The largest absolute Gasteiger partial charge is 0.358 e. The molecule has 4 atom stereocenters. The number of hydrogen-bond donors (Lipinski definition) is 2. The van der Waals surface area contributed by atoms with Crippen molar-refractivity contribution in [1.82, 2.24) is 10.2 Å². The molecule has 2 heterocycles. The fraction of sp³-hybridized carbons (Fsp3) is 0.667. The molecule has 1 aromatic rings. The molecule has 1 aliphatic carbocycles. The molecule has 0 bridgehead atoms. The van der Waals surface area contributed by atoms with Gasteiger partial charge in [0, 0.05) is 29.7 Å². The SMILES string of the molecule is CNC(=O)[C@H]1[C@H](C2CCCC2)[C@@]2(C(=O)Nc3cc(Cl)ccc32)[C@@H](CC(C)(C)C)N1C. The average molecular weight is 432 g/mol. The lowest BCUT2D eigenvalue weighted by atomic mass is 9.60. The van der Waals surface area contributed by atoms with E-state index in [2.05, 4.69) is 36.3 Å².